The average Bonchev–Trinajstić information content (AvgIpc) is 1.41. The molecule has 0 aliphatic heterocycles. The molecule has 86 heavy (non-hydrogen) atoms. The molecule has 0 saturated heterocycles. The largest absolute Gasteiger partial charge is 0.312 e. The van der Waals surface area contributed by atoms with Crippen LogP contribution in [0.1, 0.15) is 200 Å². The quantitative estimate of drug-likeness (QED) is 0.0683. The summed E-state index contributed by atoms with van der Waals surface area (Å²) >= 11 is 0. The van der Waals surface area contributed by atoms with Crippen molar-refractivity contribution in [2.75, 3.05) is 0 Å². The summed E-state index contributed by atoms with van der Waals surface area (Å²) in [6.07, 6.45) is 26.3. The molecule has 0 radical (unpaired) electrons. The predicted molar refractivity (Wildman–Crippen MR) is 369 cm³/mol. The number of aryl methyl sites for hydroxylation is 16. The maximum Gasteiger partial charge on any atom is 0.0976 e. The molecule has 0 bridgehead atoms. The van der Waals surface area contributed by atoms with E-state index in [0.717, 1.165) is 103 Å². The Morgan fingerprint density at radius 2 is 0.337 bits per heavy atom. The summed E-state index contributed by atoms with van der Waals surface area (Å²) in [6.45, 7) is 38.7. The van der Waals surface area contributed by atoms with Gasteiger partial charge in [-0.25, -0.2) is 0 Å². The van der Waals surface area contributed by atoms with Gasteiger partial charge in [0.1, 0.15) is 0 Å². The second-order valence-electron chi connectivity index (χ2n) is 25.8. The molecule has 0 atom stereocenters. The minimum atomic E-state index is 0.989. The minimum absolute atomic E-state index is 0.989. The van der Waals surface area contributed by atoms with Crippen LogP contribution in [0.25, 0.3) is 132 Å². The van der Waals surface area contributed by atoms with Crippen molar-refractivity contribution in [2.45, 2.75) is 214 Å². The smallest absolute Gasteiger partial charge is 0.0976 e. The first-order valence-electron chi connectivity index (χ1n) is 34.3. The van der Waals surface area contributed by atoms with Crippen LogP contribution in [0.15, 0.2) is 36.9 Å². The monoisotopic (exact) mass is 1130 g/mol. The third-order valence-electron chi connectivity index (χ3n) is 22.8. The molecular weight excluding hydrogens is 1050 g/mol. The van der Waals surface area contributed by atoms with Crippen molar-refractivity contribution in [3.8, 4) is 0 Å². The number of aromatic nitrogens is 8. The molecule has 14 heterocycles. The third-order valence-corrected chi connectivity index (χ3v) is 22.8. The Bertz CT molecular complexity index is 5060. The summed E-state index contributed by atoms with van der Waals surface area (Å²) in [5.74, 6) is 0. The van der Waals surface area contributed by atoms with Crippen molar-refractivity contribution in [1.82, 2.24) is 35.2 Å². The molecule has 0 N–H and O–H groups in total. The van der Waals surface area contributed by atoms with E-state index < -0.39 is 0 Å². The van der Waals surface area contributed by atoms with Crippen LogP contribution >= 0.6 is 0 Å². The average molecular weight is 1140 g/mol. The van der Waals surface area contributed by atoms with Gasteiger partial charge < -0.3 is 35.2 Å². The highest BCUT2D eigenvalue weighted by atomic mass is 15.1. The van der Waals surface area contributed by atoms with Gasteiger partial charge in [0.15, 0.2) is 0 Å². The van der Waals surface area contributed by atoms with Crippen LogP contribution in [0, 0.1) is 0 Å². The van der Waals surface area contributed by atoms with Crippen LogP contribution in [0.3, 0.4) is 0 Å². The molecule has 0 aliphatic rings. The Morgan fingerprint density at radius 3 is 0.488 bits per heavy atom. The molecule has 8 heteroatoms. The highest BCUT2D eigenvalue weighted by molar-refractivity contribution is 6.34. The van der Waals surface area contributed by atoms with E-state index in [1.807, 2.05) is 0 Å². The van der Waals surface area contributed by atoms with Gasteiger partial charge in [-0.15, -0.1) is 0 Å². The molecule has 17 rings (SSSR count). The van der Waals surface area contributed by atoms with Crippen LogP contribution in [0.5, 0.6) is 0 Å². The van der Waals surface area contributed by atoms with Crippen molar-refractivity contribution < 1.29 is 0 Å². The third kappa shape index (κ3) is 5.53. The molecule has 0 aliphatic carbocycles. The molecule has 0 spiro atoms. The minimum Gasteiger partial charge on any atom is -0.312 e. The molecule has 17 aromatic rings. The topological polar surface area (TPSA) is 35.3 Å². The zero-order valence-corrected chi connectivity index (χ0v) is 54.4. The molecule has 438 valence electrons. The van der Waals surface area contributed by atoms with Crippen LogP contribution in [-0.2, 0) is 103 Å². The Balaban J connectivity index is 1.30. The fraction of sp³-hybridized carbons (Fsp3) is 0.410. The van der Waals surface area contributed by atoms with Gasteiger partial charge in [0, 0.05) is 46.3 Å². The molecule has 0 amide bonds. The van der Waals surface area contributed by atoms with Crippen molar-refractivity contribution in [2.24, 2.45) is 0 Å². The van der Waals surface area contributed by atoms with E-state index in [0.29, 0.717) is 0 Å². The van der Waals surface area contributed by atoms with E-state index in [2.05, 4.69) is 183 Å². The van der Waals surface area contributed by atoms with Crippen LogP contribution in [0.2, 0.25) is 0 Å². The van der Waals surface area contributed by atoms with Gasteiger partial charge in [-0.05, 0) is 204 Å². The summed E-state index contributed by atoms with van der Waals surface area (Å²) in [4.78, 5) is 0. The van der Waals surface area contributed by atoms with Gasteiger partial charge in [-0.2, -0.15) is 0 Å². The number of fused-ring (bicyclic) bond motifs is 20. The van der Waals surface area contributed by atoms with Crippen molar-refractivity contribution >= 4 is 132 Å². The SMILES string of the molecule is CCc1cn2c(c1CC)c1c(CC)c(CC)c3c4c(CC)c(CC)c5c6c(CC)c(CC)cn6c6c7cc8c(cc7c2c(c6n54)n13)c1c2c3c8n4cc(CC)c(CC)c4c4c(CC)c(CC)c(c5c(CC)c(CC)c(c6c(CC)c(CC)cn61)n52)n43. The van der Waals surface area contributed by atoms with Crippen LogP contribution in [-0.4, -0.2) is 35.2 Å². The highest BCUT2D eigenvalue weighted by Gasteiger charge is 2.37. The van der Waals surface area contributed by atoms with E-state index in [1.54, 1.807) is 0 Å². The summed E-state index contributed by atoms with van der Waals surface area (Å²) in [6, 6.07) is 5.55. The lowest BCUT2D eigenvalue weighted by molar-refractivity contribution is 1.06. The molecule has 8 nitrogen and oxygen atoms in total. The molecule has 0 saturated carbocycles. The fourth-order valence-corrected chi connectivity index (χ4v) is 19.7. The first kappa shape index (κ1) is 52.7. The number of benzene rings is 3. The van der Waals surface area contributed by atoms with Gasteiger partial charge in [0.25, 0.3) is 0 Å². The standard InChI is InChI=1S/C78H86N8/c1-17-39-35-79-59(43(39)21-5)67-47(25-9)51(29-13)71-72-52(30-14)48(26-10)68-60-44(22-6)40(18-2)36-80(60)64-56-34-58-57(33-55(56)63(79)75(83(67)71)76(64)84(68)72)65-77-78-66(58)82-38-42(20-4)46(24-8)62(82)70-50(28-12)54(32-16)74(86(70)78)73-53(31-15)49(27-11)69(85(73)77)61-45(23-7)41(19-3)37-81(61)65/h33-38H,17-32H2,1-16H3. The second-order valence-corrected chi connectivity index (χ2v) is 25.8. The van der Waals surface area contributed by atoms with Gasteiger partial charge >= 0.3 is 0 Å². The Labute approximate surface area is 503 Å². The Kier molecular flexibility index (Phi) is 11.0. The lowest BCUT2D eigenvalue weighted by Crippen LogP contribution is -2.09. The maximum atomic E-state index is 2.89. The summed E-state index contributed by atoms with van der Waals surface area (Å²) in [5, 5.41) is 5.36. The van der Waals surface area contributed by atoms with Crippen molar-refractivity contribution in [1.29, 1.82) is 0 Å². The van der Waals surface area contributed by atoms with Gasteiger partial charge in [0.05, 0.1) is 110 Å². The Hall–Kier alpha value is -7.58. The number of hydrogen-bond acceptors (Lipinski definition) is 0. The van der Waals surface area contributed by atoms with E-state index >= 15 is 0 Å². The van der Waals surface area contributed by atoms with Crippen LogP contribution < -0.4 is 0 Å². The van der Waals surface area contributed by atoms with E-state index in [1.165, 1.54) is 221 Å². The van der Waals surface area contributed by atoms with Crippen molar-refractivity contribution in [3.63, 3.8) is 0 Å². The lowest BCUT2D eigenvalue weighted by atomic mass is 9.96. The molecule has 0 fully saturated rings. The molecule has 14 aromatic heterocycles. The summed E-state index contributed by atoms with van der Waals surface area (Å²) in [5.41, 5.74) is 52.2. The van der Waals surface area contributed by atoms with E-state index in [9.17, 15) is 0 Å². The zero-order chi connectivity index (χ0) is 59.3. The normalized spacial score (nSPS) is 13.4. The number of hydrogen-bond donors (Lipinski definition) is 0. The van der Waals surface area contributed by atoms with E-state index in [4.69, 9.17) is 0 Å². The lowest BCUT2D eigenvalue weighted by Gasteiger charge is -2.24. The second kappa shape index (κ2) is 18.0. The molecule has 0 unspecified atom stereocenters. The number of nitrogens with zero attached hydrogens (tertiary/aromatic N) is 8. The zero-order valence-electron chi connectivity index (χ0n) is 54.4. The van der Waals surface area contributed by atoms with Gasteiger partial charge in [-0.1, -0.05) is 111 Å². The number of rotatable bonds is 16. The van der Waals surface area contributed by atoms with Gasteiger partial charge in [0.2, 0.25) is 0 Å². The van der Waals surface area contributed by atoms with Crippen LogP contribution in [0.4, 0.5) is 0 Å². The molecular formula is C78H86N8. The summed E-state index contributed by atoms with van der Waals surface area (Å²) < 4.78 is 22.6. The molecule has 3 aromatic carbocycles. The first-order chi connectivity index (χ1) is 42.1. The maximum absolute atomic E-state index is 2.89. The van der Waals surface area contributed by atoms with Crippen molar-refractivity contribution in [3.05, 3.63) is 126 Å². The summed E-state index contributed by atoms with van der Waals surface area (Å²) in [7, 11) is 0. The van der Waals surface area contributed by atoms with Gasteiger partial charge in [-0.3, -0.25) is 0 Å². The van der Waals surface area contributed by atoms with E-state index in [-0.39, 0.29) is 0 Å². The Morgan fingerprint density at radius 1 is 0.174 bits per heavy atom. The first-order valence-corrected chi connectivity index (χ1v) is 34.3. The fourth-order valence-electron chi connectivity index (χ4n) is 19.7. The highest BCUT2D eigenvalue weighted by Crippen LogP contribution is 2.54. The predicted octanol–water partition coefficient (Wildman–Crippen LogP) is 19.7.